The van der Waals surface area contributed by atoms with Crippen LogP contribution in [0.4, 0.5) is 0 Å². The monoisotopic (exact) mass is 405 g/mol. The molecule has 0 bridgehead atoms. The molecule has 2 atom stereocenters. The van der Waals surface area contributed by atoms with Gasteiger partial charge in [-0.1, -0.05) is 48.7 Å². The summed E-state index contributed by atoms with van der Waals surface area (Å²) in [4.78, 5) is 32.3. The molecule has 0 spiro atoms. The number of benzene rings is 1. The number of rotatable bonds is 5. The van der Waals surface area contributed by atoms with Crippen molar-refractivity contribution < 1.29 is 9.59 Å². The Labute approximate surface area is 178 Å². The number of nitrogens with zero attached hydrogens (tertiary/aromatic N) is 2. The summed E-state index contributed by atoms with van der Waals surface area (Å²) in [7, 11) is 0. The molecule has 2 unspecified atom stereocenters. The highest BCUT2D eigenvalue weighted by Crippen LogP contribution is 2.34. The summed E-state index contributed by atoms with van der Waals surface area (Å²) in [6.07, 6.45) is 8.53. The SMILES string of the molecule is Cc1cccc(C2CC(C(=O)NCc3cccnc3)CN(C(=O)C3CCCC3)C2)c1. The summed E-state index contributed by atoms with van der Waals surface area (Å²) in [6, 6.07) is 12.3. The Balaban J connectivity index is 1.49. The Hall–Kier alpha value is -2.69. The smallest absolute Gasteiger partial charge is 0.225 e. The third kappa shape index (κ3) is 4.89. The number of aromatic nitrogens is 1. The molecule has 1 aliphatic carbocycles. The topological polar surface area (TPSA) is 62.3 Å². The fourth-order valence-electron chi connectivity index (χ4n) is 4.90. The van der Waals surface area contributed by atoms with Crippen molar-refractivity contribution in [3.8, 4) is 0 Å². The van der Waals surface area contributed by atoms with Gasteiger partial charge in [0.2, 0.25) is 11.8 Å². The normalized spacial score (nSPS) is 22.1. The maximum Gasteiger partial charge on any atom is 0.225 e. The molecule has 1 aromatic carbocycles. The van der Waals surface area contributed by atoms with Gasteiger partial charge in [0.05, 0.1) is 5.92 Å². The van der Waals surface area contributed by atoms with Crippen molar-refractivity contribution in [3.05, 3.63) is 65.5 Å². The average Bonchev–Trinajstić information content (AvgIpc) is 3.32. The predicted molar refractivity (Wildman–Crippen MR) is 117 cm³/mol. The highest BCUT2D eigenvalue weighted by atomic mass is 16.2. The van der Waals surface area contributed by atoms with Crippen molar-refractivity contribution in [1.29, 1.82) is 0 Å². The fourth-order valence-corrected chi connectivity index (χ4v) is 4.90. The van der Waals surface area contributed by atoms with Crippen LogP contribution >= 0.6 is 0 Å². The lowest BCUT2D eigenvalue weighted by molar-refractivity contribution is -0.139. The second-order valence-corrected chi connectivity index (χ2v) is 8.85. The first-order valence-corrected chi connectivity index (χ1v) is 11.1. The van der Waals surface area contributed by atoms with Gasteiger partial charge in [-0.05, 0) is 43.4 Å². The lowest BCUT2D eigenvalue weighted by atomic mass is 9.83. The first kappa shape index (κ1) is 20.6. The molecule has 0 radical (unpaired) electrons. The van der Waals surface area contributed by atoms with E-state index in [0.29, 0.717) is 19.6 Å². The van der Waals surface area contributed by atoms with E-state index in [1.807, 2.05) is 17.0 Å². The van der Waals surface area contributed by atoms with Gasteiger partial charge < -0.3 is 10.2 Å². The second-order valence-electron chi connectivity index (χ2n) is 8.85. The molecule has 1 saturated carbocycles. The number of carbonyl (C=O) groups excluding carboxylic acids is 2. The van der Waals surface area contributed by atoms with E-state index in [0.717, 1.165) is 37.7 Å². The summed E-state index contributed by atoms with van der Waals surface area (Å²) < 4.78 is 0. The average molecular weight is 406 g/mol. The third-order valence-corrected chi connectivity index (χ3v) is 6.54. The molecule has 2 fully saturated rings. The molecule has 30 heavy (non-hydrogen) atoms. The second kappa shape index (κ2) is 9.41. The highest BCUT2D eigenvalue weighted by molar-refractivity contribution is 5.82. The molecule has 1 aromatic heterocycles. The molecule has 158 valence electrons. The molecule has 5 heteroatoms. The lowest BCUT2D eigenvalue weighted by Crippen LogP contribution is -2.49. The zero-order valence-electron chi connectivity index (χ0n) is 17.7. The first-order chi connectivity index (χ1) is 14.6. The van der Waals surface area contributed by atoms with Crippen LogP contribution in [0.3, 0.4) is 0 Å². The standard InChI is InChI=1S/C25H31N3O2/c1-18-6-4-10-21(12-18)22-13-23(24(29)27-15-19-7-5-11-26-14-19)17-28(16-22)25(30)20-8-2-3-9-20/h4-7,10-12,14,20,22-23H,2-3,8-9,13,15-17H2,1H3,(H,27,29). The van der Waals surface area contributed by atoms with E-state index >= 15 is 0 Å². The van der Waals surface area contributed by atoms with Gasteiger partial charge in [0.25, 0.3) is 0 Å². The van der Waals surface area contributed by atoms with Gasteiger partial charge in [-0.2, -0.15) is 0 Å². The quantitative estimate of drug-likeness (QED) is 0.822. The predicted octanol–water partition coefficient (Wildman–Crippen LogP) is 3.83. The van der Waals surface area contributed by atoms with Crippen LogP contribution in [0.1, 0.15) is 54.7 Å². The van der Waals surface area contributed by atoms with E-state index in [9.17, 15) is 9.59 Å². The Morgan fingerprint density at radius 2 is 1.93 bits per heavy atom. The van der Waals surface area contributed by atoms with Crippen LogP contribution in [0.15, 0.2) is 48.8 Å². The van der Waals surface area contributed by atoms with Crippen molar-refractivity contribution in [2.45, 2.75) is 51.5 Å². The Bertz CT molecular complexity index is 877. The van der Waals surface area contributed by atoms with Crippen LogP contribution in [0.2, 0.25) is 0 Å². The van der Waals surface area contributed by atoms with Gasteiger partial charge >= 0.3 is 0 Å². The van der Waals surface area contributed by atoms with Crippen molar-refractivity contribution in [3.63, 3.8) is 0 Å². The first-order valence-electron chi connectivity index (χ1n) is 11.1. The molecular formula is C25H31N3O2. The minimum atomic E-state index is -0.189. The minimum Gasteiger partial charge on any atom is -0.352 e. The number of pyridine rings is 1. The molecule has 4 rings (SSSR count). The van der Waals surface area contributed by atoms with Crippen molar-refractivity contribution in [2.24, 2.45) is 11.8 Å². The molecule has 1 N–H and O–H groups in total. The largest absolute Gasteiger partial charge is 0.352 e. The van der Waals surface area contributed by atoms with E-state index < -0.39 is 0 Å². The molecule has 1 aliphatic heterocycles. The molecule has 2 heterocycles. The number of hydrogen-bond donors (Lipinski definition) is 1. The third-order valence-electron chi connectivity index (χ3n) is 6.54. The summed E-state index contributed by atoms with van der Waals surface area (Å²) in [5.41, 5.74) is 3.42. The molecule has 1 saturated heterocycles. The summed E-state index contributed by atoms with van der Waals surface area (Å²) in [6.45, 7) is 3.79. The van der Waals surface area contributed by atoms with Gasteiger partial charge in [-0.15, -0.1) is 0 Å². The molecule has 5 nitrogen and oxygen atoms in total. The van der Waals surface area contributed by atoms with Crippen LogP contribution in [-0.4, -0.2) is 34.8 Å². The van der Waals surface area contributed by atoms with E-state index in [2.05, 4.69) is 41.5 Å². The molecule has 2 aliphatic rings. The van der Waals surface area contributed by atoms with Gasteiger partial charge in [-0.25, -0.2) is 0 Å². The van der Waals surface area contributed by atoms with Gasteiger partial charge in [-0.3, -0.25) is 14.6 Å². The van der Waals surface area contributed by atoms with Crippen molar-refractivity contribution in [1.82, 2.24) is 15.2 Å². The van der Waals surface area contributed by atoms with Gasteiger partial charge in [0.1, 0.15) is 0 Å². The highest BCUT2D eigenvalue weighted by Gasteiger charge is 2.37. The molecule has 2 aromatic rings. The number of carbonyl (C=O) groups is 2. The van der Waals surface area contributed by atoms with E-state index in [4.69, 9.17) is 0 Å². The van der Waals surface area contributed by atoms with Crippen molar-refractivity contribution in [2.75, 3.05) is 13.1 Å². The van der Waals surface area contributed by atoms with Crippen LogP contribution in [0.5, 0.6) is 0 Å². The number of piperidine rings is 1. The summed E-state index contributed by atoms with van der Waals surface area (Å²) in [5, 5.41) is 3.06. The Morgan fingerprint density at radius 1 is 1.10 bits per heavy atom. The van der Waals surface area contributed by atoms with Crippen LogP contribution in [0, 0.1) is 18.8 Å². The maximum absolute atomic E-state index is 13.2. The van der Waals surface area contributed by atoms with E-state index in [1.54, 1.807) is 12.4 Å². The Kier molecular flexibility index (Phi) is 6.46. The zero-order valence-corrected chi connectivity index (χ0v) is 17.7. The zero-order chi connectivity index (χ0) is 20.9. The van der Waals surface area contributed by atoms with E-state index in [-0.39, 0.29) is 29.6 Å². The fraction of sp³-hybridized carbons (Fsp3) is 0.480. The Morgan fingerprint density at radius 3 is 2.67 bits per heavy atom. The summed E-state index contributed by atoms with van der Waals surface area (Å²) >= 11 is 0. The number of amides is 2. The minimum absolute atomic E-state index is 0.0282. The van der Waals surface area contributed by atoms with E-state index in [1.165, 1.54) is 11.1 Å². The number of likely N-dealkylation sites (tertiary alicyclic amines) is 1. The van der Waals surface area contributed by atoms with Gasteiger partial charge in [0.15, 0.2) is 0 Å². The van der Waals surface area contributed by atoms with Crippen LogP contribution in [-0.2, 0) is 16.1 Å². The molecular weight excluding hydrogens is 374 g/mol. The summed E-state index contributed by atoms with van der Waals surface area (Å²) in [5.74, 6) is 0.417. The maximum atomic E-state index is 13.2. The molecule has 2 amide bonds. The number of nitrogens with one attached hydrogen (secondary N) is 1. The lowest BCUT2D eigenvalue weighted by Gasteiger charge is -2.38. The number of hydrogen-bond acceptors (Lipinski definition) is 3. The number of aryl methyl sites for hydroxylation is 1. The van der Waals surface area contributed by atoms with Crippen molar-refractivity contribution >= 4 is 11.8 Å². The van der Waals surface area contributed by atoms with Gasteiger partial charge in [0, 0.05) is 43.9 Å². The van der Waals surface area contributed by atoms with Crippen LogP contribution < -0.4 is 5.32 Å². The van der Waals surface area contributed by atoms with Crippen LogP contribution in [0.25, 0.3) is 0 Å².